The van der Waals surface area contributed by atoms with Gasteiger partial charge in [-0.25, -0.2) is 0 Å². The van der Waals surface area contributed by atoms with Crippen LogP contribution in [0.25, 0.3) is 0 Å². The number of carbonyl (C=O) groups is 1. The van der Waals surface area contributed by atoms with Gasteiger partial charge >= 0.3 is 5.97 Å². The van der Waals surface area contributed by atoms with Crippen LogP contribution >= 0.6 is 0 Å². The quantitative estimate of drug-likeness (QED) is 0.697. The average molecular weight is 214 g/mol. The van der Waals surface area contributed by atoms with Crippen LogP contribution in [0.5, 0.6) is 0 Å². The van der Waals surface area contributed by atoms with Crippen molar-refractivity contribution in [1.82, 2.24) is 10.2 Å². The standard InChI is InChI=1S/C11H22N2O2/c1-4-9(3)15-11(14)10-8-13(5-2)7-6-12-10/h9-10,12H,4-8H2,1-3H3. The second kappa shape index (κ2) is 6.08. The van der Waals surface area contributed by atoms with Crippen LogP contribution in [-0.2, 0) is 9.53 Å². The Balaban J connectivity index is 2.38. The first-order chi connectivity index (χ1) is 7.17. The predicted octanol–water partition coefficient (Wildman–Crippen LogP) is 0.622. The van der Waals surface area contributed by atoms with Crippen LogP contribution < -0.4 is 5.32 Å². The molecule has 1 aliphatic heterocycles. The fourth-order valence-electron chi connectivity index (χ4n) is 1.62. The van der Waals surface area contributed by atoms with Crippen LogP contribution in [0, 0.1) is 0 Å². The molecule has 0 aromatic carbocycles. The van der Waals surface area contributed by atoms with Gasteiger partial charge in [-0.15, -0.1) is 0 Å². The zero-order valence-corrected chi connectivity index (χ0v) is 9.95. The van der Waals surface area contributed by atoms with Gasteiger partial charge in [-0.2, -0.15) is 0 Å². The third kappa shape index (κ3) is 3.80. The number of nitrogens with one attached hydrogen (secondary N) is 1. The molecule has 0 aromatic heterocycles. The summed E-state index contributed by atoms with van der Waals surface area (Å²) in [7, 11) is 0. The molecule has 1 saturated heterocycles. The lowest BCUT2D eigenvalue weighted by Gasteiger charge is -2.31. The molecule has 2 atom stereocenters. The van der Waals surface area contributed by atoms with Gasteiger partial charge in [-0.05, 0) is 19.9 Å². The summed E-state index contributed by atoms with van der Waals surface area (Å²) in [6.07, 6.45) is 0.895. The topological polar surface area (TPSA) is 41.6 Å². The summed E-state index contributed by atoms with van der Waals surface area (Å²) in [4.78, 5) is 14.0. The summed E-state index contributed by atoms with van der Waals surface area (Å²) >= 11 is 0. The SMILES string of the molecule is CCC(C)OC(=O)C1CN(CC)CCN1. The molecular formula is C11H22N2O2. The highest BCUT2D eigenvalue weighted by Crippen LogP contribution is 2.04. The third-order valence-corrected chi connectivity index (χ3v) is 2.88. The normalized spacial score (nSPS) is 24.9. The Hall–Kier alpha value is -0.610. The minimum Gasteiger partial charge on any atom is -0.461 e. The van der Waals surface area contributed by atoms with E-state index < -0.39 is 0 Å². The highest BCUT2D eigenvalue weighted by molar-refractivity contribution is 5.76. The molecule has 2 unspecified atom stereocenters. The fraction of sp³-hybridized carbons (Fsp3) is 0.909. The van der Waals surface area contributed by atoms with E-state index in [4.69, 9.17) is 4.74 Å². The van der Waals surface area contributed by atoms with Crippen LogP contribution in [0.1, 0.15) is 27.2 Å². The second-order valence-electron chi connectivity index (χ2n) is 4.06. The lowest BCUT2D eigenvalue weighted by molar-refractivity contribution is -0.152. The van der Waals surface area contributed by atoms with E-state index in [1.807, 2.05) is 13.8 Å². The van der Waals surface area contributed by atoms with Crippen molar-refractivity contribution in [3.8, 4) is 0 Å². The van der Waals surface area contributed by atoms with E-state index in [1.165, 1.54) is 0 Å². The third-order valence-electron chi connectivity index (χ3n) is 2.88. The average Bonchev–Trinajstić information content (AvgIpc) is 2.28. The van der Waals surface area contributed by atoms with E-state index >= 15 is 0 Å². The number of rotatable bonds is 4. The van der Waals surface area contributed by atoms with Gasteiger partial charge in [0.2, 0.25) is 0 Å². The lowest BCUT2D eigenvalue weighted by atomic mass is 10.2. The first kappa shape index (κ1) is 12.5. The van der Waals surface area contributed by atoms with Crippen molar-refractivity contribution in [3.63, 3.8) is 0 Å². The zero-order valence-electron chi connectivity index (χ0n) is 9.95. The number of esters is 1. The van der Waals surface area contributed by atoms with Crippen molar-refractivity contribution in [3.05, 3.63) is 0 Å². The molecule has 4 heteroatoms. The Morgan fingerprint density at radius 2 is 2.33 bits per heavy atom. The second-order valence-corrected chi connectivity index (χ2v) is 4.06. The highest BCUT2D eigenvalue weighted by Gasteiger charge is 2.26. The number of likely N-dealkylation sites (N-methyl/N-ethyl adjacent to an activating group) is 1. The van der Waals surface area contributed by atoms with Crippen LogP contribution in [-0.4, -0.2) is 49.2 Å². The molecule has 88 valence electrons. The van der Waals surface area contributed by atoms with Gasteiger partial charge in [0, 0.05) is 19.6 Å². The zero-order chi connectivity index (χ0) is 11.3. The molecule has 0 amide bonds. The Bertz CT molecular complexity index is 209. The first-order valence-corrected chi connectivity index (χ1v) is 5.83. The molecule has 1 aliphatic rings. The van der Waals surface area contributed by atoms with E-state index in [0.717, 1.165) is 32.6 Å². The van der Waals surface area contributed by atoms with Gasteiger partial charge in [-0.1, -0.05) is 13.8 Å². The number of carbonyl (C=O) groups excluding carboxylic acids is 1. The molecule has 4 nitrogen and oxygen atoms in total. The molecule has 15 heavy (non-hydrogen) atoms. The van der Waals surface area contributed by atoms with E-state index in [2.05, 4.69) is 17.1 Å². The first-order valence-electron chi connectivity index (χ1n) is 5.83. The van der Waals surface area contributed by atoms with Crippen LogP contribution in [0.3, 0.4) is 0 Å². The Morgan fingerprint density at radius 1 is 1.60 bits per heavy atom. The van der Waals surface area contributed by atoms with Crippen molar-refractivity contribution in [1.29, 1.82) is 0 Å². The van der Waals surface area contributed by atoms with Crippen LogP contribution in [0.4, 0.5) is 0 Å². The van der Waals surface area contributed by atoms with E-state index in [9.17, 15) is 4.79 Å². The minimum atomic E-state index is -0.146. The predicted molar refractivity (Wildman–Crippen MR) is 59.7 cm³/mol. The summed E-state index contributed by atoms with van der Waals surface area (Å²) in [6.45, 7) is 9.71. The molecular weight excluding hydrogens is 192 g/mol. The molecule has 0 aromatic rings. The van der Waals surface area contributed by atoms with Crippen molar-refractivity contribution < 1.29 is 9.53 Å². The molecule has 1 rings (SSSR count). The molecule has 0 radical (unpaired) electrons. The number of ether oxygens (including phenoxy) is 1. The van der Waals surface area contributed by atoms with E-state index in [1.54, 1.807) is 0 Å². The van der Waals surface area contributed by atoms with Gasteiger partial charge < -0.3 is 15.0 Å². The van der Waals surface area contributed by atoms with Gasteiger partial charge in [0.05, 0.1) is 6.10 Å². The molecule has 1 N–H and O–H groups in total. The number of hydrogen-bond acceptors (Lipinski definition) is 4. The molecule has 1 fully saturated rings. The summed E-state index contributed by atoms with van der Waals surface area (Å²) in [5.41, 5.74) is 0. The number of piperazine rings is 1. The lowest BCUT2D eigenvalue weighted by Crippen LogP contribution is -2.54. The number of nitrogens with zero attached hydrogens (tertiary/aromatic N) is 1. The van der Waals surface area contributed by atoms with Gasteiger partial charge in [0.15, 0.2) is 0 Å². The number of hydrogen-bond donors (Lipinski definition) is 1. The van der Waals surface area contributed by atoms with Gasteiger partial charge in [-0.3, -0.25) is 4.79 Å². The fourth-order valence-corrected chi connectivity index (χ4v) is 1.62. The summed E-state index contributed by atoms with van der Waals surface area (Å²) in [5, 5.41) is 3.20. The maximum Gasteiger partial charge on any atom is 0.324 e. The molecule has 0 saturated carbocycles. The summed E-state index contributed by atoms with van der Waals surface area (Å²) in [6, 6.07) is -0.146. The van der Waals surface area contributed by atoms with Crippen molar-refractivity contribution in [2.45, 2.75) is 39.3 Å². The Kier molecular flexibility index (Phi) is 5.05. The van der Waals surface area contributed by atoms with Crippen molar-refractivity contribution >= 4 is 5.97 Å². The summed E-state index contributed by atoms with van der Waals surface area (Å²) in [5.74, 6) is -0.109. The van der Waals surface area contributed by atoms with E-state index in [0.29, 0.717) is 0 Å². The van der Waals surface area contributed by atoms with Gasteiger partial charge in [0.1, 0.15) is 6.04 Å². The molecule has 0 spiro atoms. The maximum absolute atomic E-state index is 11.7. The largest absolute Gasteiger partial charge is 0.461 e. The van der Waals surface area contributed by atoms with Crippen LogP contribution in [0.2, 0.25) is 0 Å². The smallest absolute Gasteiger partial charge is 0.324 e. The van der Waals surface area contributed by atoms with Crippen LogP contribution in [0.15, 0.2) is 0 Å². The van der Waals surface area contributed by atoms with Crippen molar-refractivity contribution in [2.24, 2.45) is 0 Å². The monoisotopic (exact) mass is 214 g/mol. The maximum atomic E-state index is 11.7. The molecule has 1 heterocycles. The van der Waals surface area contributed by atoms with Gasteiger partial charge in [0.25, 0.3) is 0 Å². The van der Waals surface area contributed by atoms with Crippen molar-refractivity contribution in [2.75, 3.05) is 26.2 Å². The van der Waals surface area contributed by atoms with E-state index in [-0.39, 0.29) is 18.1 Å². The Labute approximate surface area is 92.0 Å². The molecule has 0 aliphatic carbocycles. The summed E-state index contributed by atoms with van der Waals surface area (Å²) < 4.78 is 5.30. The Morgan fingerprint density at radius 3 is 2.93 bits per heavy atom. The minimum absolute atomic E-state index is 0.0244. The molecule has 0 bridgehead atoms. The highest BCUT2D eigenvalue weighted by atomic mass is 16.5.